The second kappa shape index (κ2) is 11.4. The van der Waals surface area contributed by atoms with E-state index >= 15 is 0 Å². The molecule has 4 rings (SSSR count). The first-order chi connectivity index (χ1) is 18.2. The van der Waals surface area contributed by atoms with Gasteiger partial charge >= 0.3 is 5.69 Å². The van der Waals surface area contributed by atoms with Crippen LogP contribution in [0.15, 0.2) is 70.3 Å². The van der Waals surface area contributed by atoms with Crippen molar-refractivity contribution >= 4 is 16.8 Å². The zero-order chi connectivity index (χ0) is 27.4. The lowest BCUT2D eigenvalue weighted by Crippen LogP contribution is -2.40. The van der Waals surface area contributed by atoms with Gasteiger partial charge in [-0.3, -0.25) is 18.7 Å². The molecule has 38 heavy (non-hydrogen) atoms. The minimum absolute atomic E-state index is 0.0586. The van der Waals surface area contributed by atoms with Gasteiger partial charge < -0.3 is 14.8 Å². The normalized spacial score (nSPS) is 11.8. The highest BCUT2D eigenvalue weighted by Gasteiger charge is 2.18. The fourth-order valence-electron chi connectivity index (χ4n) is 4.27. The molecule has 0 aliphatic rings. The molecule has 8 heteroatoms. The Morgan fingerprint density at radius 2 is 1.42 bits per heavy atom. The number of ether oxygens (including phenoxy) is 2. The van der Waals surface area contributed by atoms with Gasteiger partial charge in [0.15, 0.2) is 11.5 Å². The molecule has 0 bridgehead atoms. The van der Waals surface area contributed by atoms with Crippen LogP contribution < -0.4 is 26.0 Å². The van der Waals surface area contributed by atoms with Gasteiger partial charge in [-0.1, -0.05) is 48.9 Å². The van der Waals surface area contributed by atoms with Gasteiger partial charge in [-0.05, 0) is 49.6 Å². The van der Waals surface area contributed by atoms with Crippen molar-refractivity contribution in [3.8, 4) is 11.5 Å². The summed E-state index contributed by atoms with van der Waals surface area (Å²) in [6, 6.07) is 18.2. The number of nitrogens with one attached hydrogen (secondary N) is 1. The van der Waals surface area contributed by atoms with Crippen LogP contribution in [0, 0.1) is 6.92 Å². The van der Waals surface area contributed by atoms with Crippen molar-refractivity contribution < 1.29 is 14.3 Å². The summed E-state index contributed by atoms with van der Waals surface area (Å²) in [7, 11) is 3.02. The molecule has 198 valence electrons. The van der Waals surface area contributed by atoms with Crippen LogP contribution in [0.3, 0.4) is 0 Å². The Bertz CT molecular complexity index is 1570. The summed E-state index contributed by atoms with van der Waals surface area (Å²) in [5, 5.41) is 3.28. The van der Waals surface area contributed by atoms with Crippen molar-refractivity contribution in [3.63, 3.8) is 0 Å². The molecule has 0 saturated carbocycles. The largest absolute Gasteiger partial charge is 0.493 e. The SMILES string of the molecule is CC[C@H](C)NC(=O)c1ccc(Cn2c(=O)c3cc(OC)c(OC)cc3n(Cc3ccc(C)cc3)c2=O)cc1. The van der Waals surface area contributed by atoms with Gasteiger partial charge in [0.25, 0.3) is 11.5 Å². The standard InChI is InChI=1S/C30H33N3O5/c1-6-20(3)31-28(34)23-13-11-22(12-14-23)18-33-29(35)24-15-26(37-4)27(38-5)16-25(24)32(30(33)36)17-21-9-7-19(2)8-10-21/h7-16,20H,6,17-18H2,1-5H3,(H,31,34)/t20-/m0/s1. The summed E-state index contributed by atoms with van der Waals surface area (Å²) < 4.78 is 13.7. The van der Waals surface area contributed by atoms with Gasteiger partial charge in [0.1, 0.15) is 0 Å². The third kappa shape index (κ3) is 5.49. The summed E-state index contributed by atoms with van der Waals surface area (Å²) in [6.45, 7) is 6.29. The number of carbonyl (C=O) groups is 1. The van der Waals surface area contributed by atoms with Crippen LogP contribution in [-0.4, -0.2) is 35.3 Å². The second-order valence-corrected chi connectivity index (χ2v) is 9.45. The van der Waals surface area contributed by atoms with Crippen molar-refractivity contribution in [3.05, 3.63) is 104 Å². The van der Waals surface area contributed by atoms with Gasteiger partial charge in [0.2, 0.25) is 0 Å². The lowest BCUT2D eigenvalue weighted by Gasteiger charge is -2.17. The molecule has 1 N–H and O–H groups in total. The van der Waals surface area contributed by atoms with Gasteiger partial charge in [0, 0.05) is 17.7 Å². The number of aromatic nitrogens is 2. The molecule has 0 aliphatic heterocycles. The first-order valence-electron chi connectivity index (χ1n) is 12.6. The summed E-state index contributed by atoms with van der Waals surface area (Å²) in [4.78, 5) is 39.8. The van der Waals surface area contributed by atoms with E-state index in [9.17, 15) is 14.4 Å². The molecule has 0 unspecified atom stereocenters. The molecule has 8 nitrogen and oxygen atoms in total. The third-order valence-electron chi connectivity index (χ3n) is 6.74. The van der Waals surface area contributed by atoms with Crippen molar-refractivity contribution in [2.24, 2.45) is 0 Å². The maximum absolute atomic E-state index is 13.8. The topological polar surface area (TPSA) is 91.6 Å². The first-order valence-corrected chi connectivity index (χ1v) is 12.6. The summed E-state index contributed by atoms with van der Waals surface area (Å²) in [5.41, 5.74) is 2.89. The Kier molecular flexibility index (Phi) is 8.00. The predicted octanol–water partition coefficient (Wildman–Crippen LogP) is 4.11. The smallest absolute Gasteiger partial charge is 0.332 e. The molecule has 0 radical (unpaired) electrons. The Labute approximate surface area is 221 Å². The second-order valence-electron chi connectivity index (χ2n) is 9.45. The molecule has 1 heterocycles. The number of aryl methyl sites for hydroxylation is 1. The minimum atomic E-state index is -0.436. The number of hydrogen-bond donors (Lipinski definition) is 1. The monoisotopic (exact) mass is 515 g/mol. The fraction of sp³-hybridized carbons (Fsp3) is 0.300. The number of methoxy groups -OCH3 is 2. The average molecular weight is 516 g/mol. The molecule has 3 aromatic carbocycles. The third-order valence-corrected chi connectivity index (χ3v) is 6.74. The first kappa shape index (κ1) is 26.7. The Hall–Kier alpha value is -4.33. The van der Waals surface area contributed by atoms with Gasteiger partial charge in [-0.2, -0.15) is 0 Å². The van der Waals surface area contributed by atoms with E-state index in [-0.39, 0.29) is 25.0 Å². The molecule has 0 spiro atoms. The van der Waals surface area contributed by atoms with E-state index < -0.39 is 11.2 Å². The molecular weight excluding hydrogens is 482 g/mol. The maximum Gasteiger partial charge on any atom is 0.332 e. The van der Waals surface area contributed by atoms with Gasteiger partial charge in [0.05, 0.1) is 38.2 Å². The molecular formula is C30H33N3O5. The average Bonchev–Trinajstić information content (AvgIpc) is 2.93. The molecule has 4 aromatic rings. The van der Waals surface area contributed by atoms with Gasteiger partial charge in [-0.15, -0.1) is 0 Å². The number of nitrogens with zero attached hydrogens (tertiary/aromatic N) is 2. The number of benzene rings is 3. The number of amides is 1. The highest BCUT2D eigenvalue weighted by atomic mass is 16.5. The molecule has 0 saturated heterocycles. The van der Waals surface area contributed by atoms with E-state index in [4.69, 9.17) is 9.47 Å². The predicted molar refractivity (Wildman–Crippen MR) is 149 cm³/mol. The zero-order valence-electron chi connectivity index (χ0n) is 22.4. The molecule has 1 amide bonds. The van der Waals surface area contributed by atoms with E-state index in [1.807, 2.05) is 45.0 Å². The van der Waals surface area contributed by atoms with Crippen LogP contribution in [0.2, 0.25) is 0 Å². The zero-order valence-corrected chi connectivity index (χ0v) is 22.4. The Morgan fingerprint density at radius 3 is 2.00 bits per heavy atom. The van der Waals surface area contributed by atoms with Crippen molar-refractivity contribution in [1.82, 2.24) is 14.5 Å². The summed E-state index contributed by atoms with van der Waals surface area (Å²) in [5.74, 6) is 0.677. The summed E-state index contributed by atoms with van der Waals surface area (Å²) >= 11 is 0. The molecule has 0 aliphatic carbocycles. The van der Waals surface area contributed by atoms with Crippen LogP contribution in [0.5, 0.6) is 11.5 Å². The van der Waals surface area contributed by atoms with E-state index in [2.05, 4.69) is 5.32 Å². The lowest BCUT2D eigenvalue weighted by atomic mass is 10.1. The quantitative estimate of drug-likeness (QED) is 0.362. The van der Waals surface area contributed by atoms with Crippen molar-refractivity contribution in [1.29, 1.82) is 0 Å². The van der Waals surface area contributed by atoms with Crippen LogP contribution in [-0.2, 0) is 13.1 Å². The van der Waals surface area contributed by atoms with E-state index in [0.717, 1.165) is 23.1 Å². The highest BCUT2D eigenvalue weighted by Crippen LogP contribution is 2.30. The number of fused-ring (bicyclic) bond motifs is 1. The van der Waals surface area contributed by atoms with E-state index in [1.54, 1.807) is 41.0 Å². The molecule has 1 aromatic heterocycles. The van der Waals surface area contributed by atoms with Crippen molar-refractivity contribution in [2.45, 2.75) is 46.3 Å². The van der Waals surface area contributed by atoms with Crippen LogP contribution >= 0.6 is 0 Å². The highest BCUT2D eigenvalue weighted by molar-refractivity contribution is 5.94. The van der Waals surface area contributed by atoms with E-state index in [0.29, 0.717) is 28.0 Å². The van der Waals surface area contributed by atoms with Crippen LogP contribution in [0.1, 0.15) is 47.3 Å². The fourth-order valence-corrected chi connectivity index (χ4v) is 4.27. The number of carbonyl (C=O) groups excluding carboxylic acids is 1. The minimum Gasteiger partial charge on any atom is -0.493 e. The number of hydrogen-bond acceptors (Lipinski definition) is 5. The van der Waals surface area contributed by atoms with Crippen molar-refractivity contribution in [2.75, 3.05) is 14.2 Å². The maximum atomic E-state index is 13.8. The van der Waals surface area contributed by atoms with Crippen LogP contribution in [0.25, 0.3) is 10.9 Å². The van der Waals surface area contributed by atoms with Crippen LogP contribution in [0.4, 0.5) is 0 Å². The lowest BCUT2D eigenvalue weighted by molar-refractivity contribution is 0.0939. The molecule has 0 fully saturated rings. The summed E-state index contributed by atoms with van der Waals surface area (Å²) in [6.07, 6.45) is 0.834. The number of rotatable bonds is 9. The molecule has 1 atom stereocenters. The Balaban J connectivity index is 1.80. The van der Waals surface area contributed by atoms with E-state index in [1.165, 1.54) is 18.8 Å². The van der Waals surface area contributed by atoms with Gasteiger partial charge in [-0.25, -0.2) is 4.79 Å². The Morgan fingerprint density at radius 1 is 0.868 bits per heavy atom.